The molecule has 0 fully saturated rings. The molecule has 0 aliphatic rings. The molecule has 0 spiro atoms. The molecule has 0 unspecified atom stereocenters. The van der Waals surface area contributed by atoms with Crippen molar-refractivity contribution in [2.45, 2.75) is 26.4 Å². The summed E-state index contributed by atoms with van der Waals surface area (Å²) in [5, 5.41) is 13.8. The van der Waals surface area contributed by atoms with Crippen molar-refractivity contribution in [3.8, 4) is 11.5 Å². The van der Waals surface area contributed by atoms with Crippen molar-refractivity contribution in [3.63, 3.8) is 0 Å². The minimum Gasteiger partial charge on any atom is -0.493 e. The van der Waals surface area contributed by atoms with Crippen LogP contribution in [0.3, 0.4) is 0 Å². The van der Waals surface area contributed by atoms with Gasteiger partial charge in [-0.15, -0.1) is 11.3 Å². The first-order valence-corrected chi connectivity index (χ1v) is 7.28. The summed E-state index contributed by atoms with van der Waals surface area (Å²) in [5.41, 5.74) is 0.768. The molecule has 2 rings (SSSR count). The summed E-state index contributed by atoms with van der Waals surface area (Å²) in [4.78, 5) is 14.8. The summed E-state index contributed by atoms with van der Waals surface area (Å²) in [5.74, 6) is 1.17. The minimum atomic E-state index is -0.466. The second-order valence-corrected chi connectivity index (χ2v) is 5.60. The van der Waals surface area contributed by atoms with E-state index in [4.69, 9.17) is 9.47 Å². The van der Waals surface area contributed by atoms with Crippen LogP contribution >= 0.6 is 11.3 Å². The van der Waals surface area contributed by atoms with Gasteiger partial charge in [-0.25, -0.2) is 4.98 Å². The summed E-state index contributed by atoms with van der Waals surface area (Å²) in [6.07, 6.45) is 0. The molecule has 0 aliphatic carbocycles. The third kappa shape index (κ3) is 3.69. The van der Waals surface area contributed by atoms with Gasteiger partial charge in [0.25, 0.3) is 5.69 Å². The zero-order chi connectivity index (χ0) is 15.4. The van der Waals surface area contributed by atoms with Crippen molar-refractivity contribution in [1.29, 1.82) is 0 Å². The van der Waals surface area contributed by atoms with E-state index in [1.54, 1.807) is 11.3 Å². The van der Waals surface area contributed by atoms with Gasteiger partial charge in [0.1, 0.15) is 6.61 Å². The number of aromatic nitrogens is 1. The molecule has 0 amide bonds. The van der Waals surface area contributed by atoms with Gasteiger partial charge in [-0.1, -0.05) is 13.8 Å². The molecule has 6 nitrogen and oxygen atoms in total. The number of nitro groups is 1. The molecule has 0 N–H and O–H groups in total. The van der Waals surface area contributed by atoms with Crippen LogP contribution in [0.4, 0.5) is 5.69 Å². The van der Waals surface area contributed by atoms with Crippen molar-refractivity contribution in [1.82, 2.24) is 4.98 Å². The van der Waals surface area contributed by atoms with Crippen LogP contribution in [0.2, 0.25) is 0 Å². The van der Waals surface area contributed by atoms with Gasteiger partial charge in [-0.05, 0) is 6.07 Å². The largest absolute Gasteiger partial charge is 0.493 e. The Morgan fingerprint density at radius 2 is 2.14 bits per heavy atom. The summed E-state index contributed by atoms with van der Waals surface area (Å²) >= 11 is 1.58. The SMILES string of the molecule is COc1ccc([N+](=O)[O-])cc1OCc1csc(C(C)C)n1. The standard InChI is InChI=1S/C14H16N2O4S/c1-9(2)14-15-10(8-21-14)7-20-13-6-11(16(17)18)4-5-12(13)19-3/h4-6,8-9H,7H2,1-3H3. The Morgan fingerprint density at radius 1 is 1.38 bits per heavy atom. The molecule has 0 bridgehead atoms. The molecule has 7 heteroatoms. The number of nitro benzene ring substituents is 1. The van der Waals surface area contributed by atoms with Crippen LogP contribution in [0.25, 0.3) is 0 Å². The number of hydrogen-bond donors (Lipinski definition) is 0. The molecule has 1 heterocycles. The average molecular weight is 308 g/mol. The lowest BCUT2D eigenvalue weighted by Crippen LogP contribution is -1.99. The second-order valence-electron chi connectivity index (χ2n) is 4.71. The first-order valence-electron chi connectivity index (χ1n) is 6.40. The van der Waals surface area contributed by atoms with Gasteiger partial charge in [0.15, 0.2) is 11.5 Å². The fraction of sp³-hybridized carbons (Fsp3) is 0.357. The lowest BCUT2D eigenvalue weighted by molar-refractivity contribution is -0.385. The number of nitrogens with zero attached hydrogens (tertiary/aromatic N) is 2. The molecule has 1 aromatic carbocycles. The normalized spacial score (nSPS) is 10.7. The Labute approximate surface area is 126 Å². The fourth-order valence-corrected chi connectivity index (χ4v) is 2.52. The molecule has 21 heavy (non-hydrogen) atoms. The molecule has 112 valence electrons. The number of methoxy groups -OCH3 is 1. The number of ether oxygens (including phenoxy) is 2. The van der Waals surface area contributed by atoms with E-state index < -0.39 is 4.92 Å². The first kappa shape index (κ1) is 15.2. The van der Waals surface area contributed by atoms with Gasteiger partial charge in [0, 0.05) is 17.4 Å². The lowest BCUT2D eigenvalue weighted by Gasteiger charge is -2.09. The van der Waals surface area contributed by atoms with E-state index in [9.17, 15) is 10.1 Å². The van der Waals surface area contributed by atoms with E-state index in [0.29, 0.717) is 17.4 Å². The maximum absolute atomic E-state index is 10.8. The van der Waals surface area contributed by atoms with Crippen molar-refractivity contribution in [3.05, 3.63) is 44.4 Å². The molecule has 0 saturated carbocycles. The van der Waals surface area contributed by atoms with E-state index in [0.717, 1.165) is 10.7 Å². The second kappa shape index (κ2) is 6.53. The van der Waals surface area contributed by atoms with Gasteiger partial charge in [0.05, 0.1) is 28.8 Å². The van der Waals surface area contributed by atoms with Crippen LogP contribution in [0, 0.1) is 10.1 Å². The van der Waals surface area contributed by atoms with Crippen LogP contribution in [-0.4, -0.2) is 17.0 Å². The average Bonchev–Trinajstić information content (AvgIpc) is 2.93. The summed E-state index contributed by atoms with van der Waals surface area (Å²) in [6, 6.07) is 4.26. The van der Waals surface area contributed by atoms with Crippen LogP contribution in [0.5, 0.6) is 11.5 Å². The Balaban J connectivity index is 2.14. The lowest BCUT2D eigenvalue weighted by atomic mass is 10.2. The monoisotopic (exact) mass is 308 g/mol. The maximum Gasteiger partial charge on any atom is 0.273 e. The Kier molecular flexibility index (Phi) is 4.74. The van der Waals surface area contributed by atoms with E-state index in [1.165, 1.54) is 25.3 Å². The molecular formula is C14H16N2O4S. The van der Waals surface area contributed by atoms with E-state index in [1.807, 2.05) is 5.38 Å². The predicted molar refractivity (Wildman–Crippen MR) is 80.2 cm³/mol. The summed E-state index contributed by atoms with van der Waals surface area (Å²) < 4.78 is 10.8. The minimum absolute atomic E-state index is 0.0352. The number of hydrogen-bond acceptors (Lipinski definition) is 6. The zero-order valence-electron chi connectivity index (χ0n) is 12.0. The highest BCUT2D eigenvalue weighted by atomic mass is 32.1. The molecule has 0 aliphatic heterocycles. The van der Waals surface area contributed by atoms with Crippen LogP contribution in [0.1, 0.15) is 30.5 Å². The highest BCUT2D eigenvalue weighted by Gasteiger charge is 2.13. The van der Waals surface area contributed by atoms with Crippen molar-refractivity contribution < 1.29 is 14.4 Å². The zero-order valence-corrected chi connectivity index (χ0v) is 12.8. The van der Waals surface area contributed by atoms with E-state index >= 15 is 0 Å². The fourth-order valence-electron chi connectivity index (χ4n) is 1.70. The number of thiazole rings is 1. The van der Waals surface area contributed by atoms with Gasteiger partial charge in [0.2, 0.25) is 0 Å². The van der Waals surface area contributed by atoms with Crippen LogP contribution in [0.15, 0.2) is 23.6 Å². The predicted octanol–water partition coefficient (Wildman–Crippen LogP) is 3.76. The van der Waals surface area contributed by atoms with Crippen molar-refractivity contribution in [2.75, 3.05) is 7.11 Å². The highest BCUT2D eigenvalue weighted by molar-refractivity contribution is 7.09. The molecular weight excluding hydrogens is 292 g/mol. The topological polar surface area (TPSA) is 74.5 Å². The third-order valence-corrected chi connectivity index (χ3v) is 3.99. The molecule has 0 atom stereocenters. The van der Waals surface area contributed by atoms with Crippen molar-refractivity contribution >= 4 is 17.0 Å². The Bertz CT molecular complexity index is 640. The third-order valence-electron chi connectivity index (χ3n) is 2.80. The first-order chi connectivity index (χ1) is 10.0. The quantitative estimate of drug-likeness (QED) is 0.600. The molecule has 2 aromatic rings. The van der Waals surface area contributed by atoms with E-state index in [2.05, 4.69) is 18.8 Å². The summed E-state index contributed by atoms with van der Waals surface area (Å²) in [6.45, 7) is 4.40. The number of non-ortho nitro benzene ring substituents is 1. The smallest absolute Gasteiger partial charge is 0.273 e. The van der Waals surface area contributed by atoms with Gasteiger partial charge < -0.3 is 9.47 Å². The van der Waals surface area contributed by atoms with Gasteiger partial charge in [-0.2, -0.15) is 0 Å². The van der Waals surface area contributed by atoms with Crippen molar-refractivity contribution in [2.24, 2.45) is 0 Å². The number of rotatable bonds is 6. The van der Waals surface area contributed by atoms with Crippen LogP contribution in [-0.2, 0) is 6.61 Å². The summed E-state index contributed by atoms with van der Waals surface area (Å²) in [7, 11) is 1.49. The Hall–Kier alpha value is -2.15. The Morgan fingerprint density at radius 3 is 2.71 bits per heavy atom. The highest BCUT2D eigenvalue weighted by Crippen LogP contribution is 2.32. The maximum atomic E-state index is 10.8. The van der Waals surface area contributed by atoms with Gasteiger partial charge in [-0.3, -0.25) is 10.1 Å². The van der Waals surface area contributed by atoms with Gasteiger partial charge >= 0.3 is 0 Å². The molecule has 1 aromatic heterocycles. The van der Waals surface area contributed by atoms with Crippen LogP contribution < -0.4 is 9.47 Å². The molecule has 0 radical (unpaired) electrons. The van der Waals surface area contributed by atoms with E-state index in [-0.39, 0.29) is 12.3 Å². The number of benzene rings is 1. The molecule has 0 saturated heterocycles.